The Bertz CT molecular complexity index is 507. The van der Waals surface area contributed by atoms with Gasteiger partial charge < -0.3 is 4.57 Å². The van der Waals surface area contributed by atoms with Crippen molar-refractivity contribution in [2.75, 3.05) is 0 Å². The van der Waals surface area contributed by atoms with E-state index in [0.29, 0.717) is 0 Å². The van der Waals surface area contributed by atoms with E-state index in [-0.39, 0.29) is 0 Å². The molecule has 2 aromatic rings. The first kappa shape index (κ1) is 11.0. The van der Waals surface area contributed by atoms with Gasteiger partial charge in [-0.1, -0.05) is 34.1 Å². The van der Waals surface area contributed by atoms with Gasteiger partial charge in [-0.05, 0) is 24.5 Å². The Balaban J connectivity index is 1.86. The highest BCUT2D eigenvalue weighted by Gasteiger charge is 2.12. The fraction of sp³-hybridized carbons (Fsp3) is 0.357. The molecule has 0 aliphatic carbocycles. The van der Waals surface area contributed by atoms with Gasteiger partial charge in [0.05, 0.1) is 5.69 Å². The molecule has 0 fully saturated rings. The SMILES string of the molecule is Brc1ccccc1Cc1cn2c(n1)CCCC2. The standard InChI is InChI=1S/C14H15BrN2/c15-13-6-2-1-5-11(13)9-12-10-17-8-4-3-7-14(17)16-12/h1-2,5-6,10H,3-4,7-9H2. The van der Waals surface area contributed by atoms with Crippen molar-refractivity contribution in [3.63, 3.8) is 0 Å². The molecule has 0 saturated carbocycles. The van der Waals surface area contributed by atoms with Crippen molar-refractivity contribution in [3.8, 4) is 0 Å². The minimum atomic E-state index is 0.918. The van der Waals surface area contributed by atoms with Gasteiger partial charge in [0.15, 0.2) is 0 Å². The van der Waals surface area contributed by atoms with Crippen LogP contribution in [0.3, 0.4) is 0 Å². The Labute approximate surface area is 110 Å². The van der Waals surface area contributed by atoms with E-state index in [1.165, 1.54) is 34.4 Å². The molecule has 1 aromatic heterocycles. The molecule has 0 unspecified atom stereocenters. The van der Waals surface area contributed by atoms with Crippen LogP contribution in [-0.4, -0.2) is 9.55 Å². The van der Waals surface area contributed by atoms with Gasteiger partial charge in [0.25, 0.3) is 0 Å². The lowest BCUT2D eigenvalue weighted by atomic mass is 10.1. The van der Waals surface area contributed by atoms with Gasteiger partial charge in [0.2, 0.25) is 0 Å². The van der Waals surface area contributed by atoms with Crippen LogP contribution in [0.1, 0.15) is 29.9 Å². The molecule has 2 nitrogen and oxygen atoms in total. The van der Waals surface area contributed by atoms with E-state index in [1.54, 1.807) is 0 Å². The fourth-order valence-corrected chi connectivity index (χ4v) is 2.82. The van der Waals surface area contributed by atoms with Crippen LogP contribution in [0.4, 0.5) is 0 Å². The highest BCUT2D eigenvalue weighted by Crippen LogP contribution is 2.21. The Morgan fingerprint density at radius 3 is 2.94 bits per heavy atom. The third-order valence-electron chi connectivity index (χ3n) is 3.29. The number of imidazole rings is 1. The second-order valence-corrected chi connectivity index (χ2v) is 5.42. The molecular weight excluding hydrogens is 276 g/mol. The minimum absolute atomic E-state index is 0.918. The molecule has 3 rings (SSSR count). The molecule has 1 aliphatic heterocycles. The maximum Gasteiger partial charge on any atom is 0.108 e. The zero-order valence-corrected chi connectivity index (χ0v) is 11.3. The van der Waals surface area contributed by atoms with E-state index >= 15 is 0 Å². The molecule has 17 heavy (non-hydrogen) atoms. The van der Waals surface area contributed by atoms with Crippen LogP contribution in [0.5, 0.6) is 0 Å². The first-order valence-corrected chi connectivity index (χ1v) is 6.90. The van der Waals surface area contributed by atoms with Gasteiger partial charge in [0.1, 0.15) is 5.82 Å². The molecule has 0 N–H and O–H groups in total. The molecule has 0 radical (unpaired) electrons. The van der Waals surface area contributed by atoms with Crippen LogP contribution in [0.25, 0.3) is 0 Å². The van der Waals surface area contributed by atoms with Crippen LogP contribution < -0.4 is 0 Å². The molecule has 1 aromatic carbocycles. The van der Waals surface area contributed by atoms with Crippen LogP contribution in [0, 0.1) is 0 Å². The van der Waals surface area contributed by atoms with E-state index in [9.17, 15) is 0 Å². The monoisotopic (exact) mass is 290 g/mol. The van der Waals surface area contributed by atoms with Crippen molar-refractivity contribution in [1.82, 2.24) is 9.55 Å². The molecular formula is C14H15BrN2. The van der Waals surface area contributed by atoms with E-state index in [1.807, 2.05) is 6.07 Å². The first-order valence-electron chi connectivity index (χ1n) is 6.11. The fourth-order valence-electron chi connectivity index (χ4n) is 2.39. The summed E-state index contributed by atoms with van der Waals surface area (Å²) < 4.78 is 3.49. The predicted molar refractivity (Wildman–Crippen MR) is 72.1 cm³/mol. The topological polar surface area (TPSA) is 17.8 Å². The summed E-state index contributed by atoms with van der Waals surface area (Å²) in [6.07, 6.45) is 6.84. The summed E-state index contributed by atoms with van der Waals surface area (Å²) in [6.45, 7) is 1.14. The zero-order chi connectivity index (χ0) is 11.7. The summed E-state index contributed by atoms with van der Waals surface area (Å²) in [5, 5.41) is 0. The average molecular weight is 291 g/mol. The smallest absolute Gasteiger partial charge is 0.108 e. The number of hydrogen-bond donors (Lipinski definition) is 0. The van der Waals surface area contributed by atoms with Crippen molar-refractivity contribution < 1.29 is 0 Å². The number of halogens is 1. The van der Waals surface area contributed by atoms with Crippen molar-refractivity contribution in [2.45, 2.75) is 32.2 Å². The maximum atomic E-state index is 4.73. The van der Waals surface area contributed by atoms with E-state index < -0.39 is 0 Å². The Kier molecular flexibility index (Phi) is 3.02. The third-order valence-corrected chi connectivity index (χ3v) is 4.06. The summed E-state index contributed by atoms with van der Waals surface area (Å²) in [7, 11) is 0. The maximum absolute atomic E-state index is 4.73. The highest BCUT2D eigenvalue weighted by molar-refractivity contribution is 9.10. The lowest BCUT2D eigenvalue weighted by Crippen LogP contribution is -2.08. The number of nitrogens with zero attached hydrogens (tertiary/aromatic N) is 2. The molecule has 0 atom stereocenters. The molecule has 88 valence electrons. The summed E-state index contributed by atoms with van der Waals surface area (Å²) in [5.41, 5.74) is 2.50. The lowest BCUT2D eigenvalue weighted by Gasteiger charge is -2.11. The van der Waals surface area contributed by atoms with Crippen molar-refractivity contribution >= 4 is 15.9 Å². The van der Waals surface area contributed by atoms with Crippen molar-refractivity contribution in [3.05, 3.63) is 52.0 Å². The average Bonchev–Trinajstić information content (AvgIpc) is 2.74. The second kappa shape index (κ2) is 4.65. The number of fused-ring (bicyclic) bond motifs is 1. The molecule has 2 heterocycles. The molecule has 1 aliphatic rings. The zero-order valence-electron chi connectivity index (χ0n) is 9.69. The summed E-state index contributed by atoms with van der Waals surface area (Å²) in [4.78, 5) is 4.73. The summed E-state index contributed by atoms with van der Waals surface area (Å²) in [6, 6.07) is 8.37. The molecule has 0 spiro atoms. The second-order valence-electron chi connectivity index (χ2n) is 4.57. The molecule has 0 saturated heterocycles. The number of aromatic nitrogens is 2. The van der Waals surface area contributed by atoms with Crippen LogP contribution in [0.15, 0.2) is 34.9 Å². The third kappa shape index (κ3) is 2.29. The predicted octanol–water partition coefficient (Wildman–Crippen LogP) is 3.57. The quantitative estimate of drug-likeness (QED) is 0.827. The van der Waals surface area contributed by atoms with E-state index in [4.69, 9.17) is 4.98 Å². The Hall–Kier alpha value is -1.09. The lowest BCUT2D eigenvalue weighted by molar-refractivity contribution is 0.522. The normalized spacial score (nSPS) is 14.6. The van der Waals surface area contributed by atoms with Gasteiger partial charge in [-0.2, -0.15) is 0 Å². The van der Waals surface area contributed by atoms with Gasteiger partial charge in [0, 0.05) is 30.1 Å². The summed E-state index contributed by atoms with van der Waals surface area (Å²) >= 11 is 3.59. The first-order chi connectivity index (χ1) is 8.33. The van der Waals surface area contributed by atoms with Crippen molar-refractivity contribution in [1.29, 1.82) is 0 Å². The number of benzene rings is 1. The number of aryl methyl sites for hydroxylation is 2. The molecule has 3 heteroatoms. The highest BCUT2D eigenvalue weighted by atomic mass is 79.9. The minimum Gasteiger partial charge on any atom is -0.335 e. The van der Waals surface area contributed by atoms with E-state index in [2.05, 4.69) is 44.9 Å². The van der Waals surface area contributed by atoms with Crippen LogP contribution in [-0.2, 0) is 19.4 Å². The van der Waals surface area contributed by atoms with Gasteiger partial charge in [-0.3, -0.25) is 0 Å². The van der Waals surface area contributed by atoms with Gasteiger partial charge in [-0.15, -0.1) is 0 Å². The Morgan fingerprint density at radius 2 is 2.12 bits per heavy atom. The van der Waals surface area contributed by atoms with Crippen LogP contribution in [0.2, 0.25) is 0 Å². The van der Waals surface area contributed by atoms with E-state index in [0.717, 1.165) is 19.4 Å². The molecule has 0 bridgehead atoms. The van der Waals surface area contributed by atoms with Crippen molar-refractivity contribution in [2.24, 2.45) is 0 Å². The summed E-state index contributed by atoms with van der Waals surface area (Å²) in [5.74, 6) is 1.26. The van der Waals surface area contributed by atoms with Crippen LogP contribution >= 0.6 is 15.9 Å². The largest absolute Gasteiger partial charge is 0.335 e. The van der Waals surface area contributed by atoms with Gasteiger partial charge >= 0.3 is 0 Å². The van der Waals surface area contributed by atoms with Gasteiger partial charge in [-0.25, -0.2) is 4.98 Å². The number of hydrogen-bond acceptors (Lipinski definition) is 1. The Morgan fingerprint density at radius 1 is 1.24 bits per heavy atom. The number of rotatable bonds is 2. The molecule has 0 amide bonds.